The topological polar surface area (TPSA) is 41.6 Å². The summed E-state index contributed by atoms with van der Waals surface area (Å²) in [5.74, 6) is 0.387. The van der Waals surface area contributed by atoms with E-state index in [9.17, 15) is 9.18 Å². The molecule has 0 heterocycles. The van der Waals surface area contributed by atoms with Crippen molar-refractivity contribution < 1.29 is 13.9 Å². The van der Waals surface area contributed by atoms with E-state index in [2.05, 4.69) is 24.1 Å². The van der Waals surface area contributed by atoms with Crippen LogP contribution in [0.1, 0.15) is 26.7 Å². The molecule has 0 bridgehead atoms. The van der Waals surface area contributed by atoms with E-state index in [-0.39, 0.29) is 11.7 Å². The van der Waals surface area contributed by atoms with Crippen LogP contribution in [-0.2, 0) is 4.79 Å². The molecule has 4 nitrogen and oxygen atoms in total. The summed E-state index contributed by atoms with van der Waals surface area (Å²) < 4.78 is 18.1. The van der Waals surface area contributed by atoms with Crippen LogP contribution in [0.2, 0.25) is 0 Å². The van der Waals surface area contributed by atoms with Gasteiger partial charge in [0.25, 0.3) is 0 Å². The molecule has 118 valence electrons. The predicted molar refractivity (Wildman–Crippen MR) is 81.9 cm³/mol. The van der Waals surface area contributed by atoms with Crippen LogP contribution in [-0.4, -0.2) is 43.6 Å². The van der Waals surface area contributed by atoms with Crippen LogP contribution in [0.5, 0.6) is 5.75 Å². The lowest BCUT2D eigenvalue weighted by Crippen LogP contribution is -2.34. The molecule has 0 aromatic heterocycles. The lowest BCUT2D eigenvalue weighted by atomic mass is 10.3. The zero-order valence-electron chi connectivity index (χ0n) is 12.9. The van der Waals surface area contributed by atoms with E-state index in [1.165, 1.54) is 12.1 Å². The van der Waals surface area contributed by atoms with Gasteiger partial charge in [-0.25, -0.2) is 4.39 Å². The second kappa shape index (κ2) is 10.2. The Balaban J connectivity index is 2.06. The molecule has 1 amide bonds. The second-order valence-corrected chi connectivity index (χ2v) is 4.78. The molecule has 0 spiro atoms. The lowest BCUT2D eigenvalue weighted by Gasteiger charge is -2.17. The molecule has 0 aliphatic rings. The highest BCUT2D eigenvalue weighted by Gasteiger charge is 2.03. The summed E-state index contributed by atoms with van der Waals surface area (Å²) in [5, 5.41) is 2.90. The van der Waals surface area contributed by atoms with Gasteiger partial charge in [0.15, 0.2) is 0 Å². The zero-order valence-corrected chi connectivity index (χ0v) is 12.9. The Morgan fingerprint density at radius 2 is 1.90 bits per heavy atom. The van der Waals surface area contributed by atoms with E-state index in [4.69, 9.17) is 4.74 Å². The summed E-state index contributed by atoms with van der Waals surface area (Å²) in [6.07, 6.45) is 1.09. The van der Waals surface area contributed by atoms with Crippen LogP contribution in [0.15, 0.2) is 24.3 Å². The SMILES string of the molecule is CCN(CC)CCNC(=O)CCCOc1ccc(F)cc1. The van der Waals surface area contributed by atoms with Gasteiger partial charge in [0, 0.05) is 19.5 Å². The zero-order chi connectivity index (χ0) is 15.5. The third-order valence-corrected chi connectivity index (χ3v) is 3.28. The summed E-state index contributed by atoms with van der Waals surface area (Å²) in [4.78, 5) is 13.9. The number of halogens is 1. The lowest BCUT2D eigenvalue weighted by molar-refractivity contribution is -0.121. The van der Waals surface area contributed by atoms with Crippen molar-refractivity contribution in [1.82, 2.24) is 10.2 Å². The van der Waals surface area contributed by atoms with E-state index in [1.54, 1.807) is 12.1 Å². The van der Waals surface area contributed by atoms with Gasteiger partial charge in [-0.1, -0.05) is 13.8 Å². The van der Waals surface area contributed by atoms with Crippen molar-refractivity contribution in [3.63, 3.8) is 0 Å². The quantitative estimate of drug-likeness (QED) is 0.674. The summed E-state index contributed by atoms with van der Waals surface area (Å²) in [5.41, 5.74) is 0. The molecule has 0 fully saturated rings. The average Bonchev–Trinajstić information content (AvgIpc) is 2.50. The summed E-state index contributed by atoms with van der Waals surface area (Å²) in [7, 11) is 0. The highest BCUT2D eigenvalue weighted by molar-refractivity contribution is 5.75. The number of amides is 1. The molecule has 0 unspecified atom stereocenters. The number of nitrogens with one attached hydrogen (secondary N) is 1. The molecule has 1 aromatic rings. The van der Waals surface area contributed by atoms with Gasteiger partial charge in [-0.3, -0.25) is 4.79 Å². The van der Waals surface area contributed by atoms with E-state index in [1.807, 2.05) is 0 Å². The van der Waals surface area contributed by atoms with Gasteiger partial charge in [-0.15, -0.1) is 0 Å². The Kier molecular flexibility index (Phi) is 8.43. The molecule has 1 N–H and O–H groups in total. The molecule has 0 radical (unpaired) electrons. The molecular weight excluding hydrogens is 271 g/mol. The number of carbonyl (C=O) groups is 1. The molecule has 0 saturated heterocycles. The highest BCUT2D eigenvalue weighted by atomic mass is 19.1. The second-order valence-electron chi connectivity index (χ2n) is 4.78. The monoisotopic (exact) mass is 296 g/mol. The number of hydrogen-bond donors (Lipinski definition) is 1. The molecule has 0 atom stereocenters. The van der Waals surface area contributed by atoms with Crippen LogP contribution >= 0.6 is 0 Å². The first kappa shape index (κ1) is 17.4. The molecule has 1 rings (SSSR count). The van der Waals surface area contributed by atoms with Crippen molar-refractivity contribution in [2.45, 2.75) is 26.7 Å². The smallest absolute Gasteiger partial charge is 0.220 e. The molecular formula is C16H25FN2O2. The van der Waals surface area contributed by atoms with Gasteiger partial charge < -0.3 is 15.0 Å². The molecule has 5 heteroatoms. The van der Waals surface area contributed by atoms with Gasteiger partial charge >= 0.3 is 0 Å². The van der Waals surface area contributed by atoms with Gasteiger partial charge in [-0.2, -0.15) is 0 Å². The van der Waals surface area contributed by atoms with Crippen molar-refractivity contribution in [2.24, 2.45) is 0 Å². The Morgan fingerprint density at radius 1 is 1.24 bits per heavy atom. The van der Waals surface area contributed by atoms with E-state index in [0.29, 0.717) is 31.7 Å². The summed E-state index contributed by atoms with van der Waals surface area (Å²) in [6, 6.07) is 5.88. The van der Waals surface area contributed by atoms with Crippen molar-refractivity contribution in [2.75, 3.05) is 32.8 Å². The maximum absolute atomic E-state index is 12.7. The van der Waals surface area contributed by atoms with E-state index >= 15 is 0 Å². The van der Waals surface area contributed by atoms with E-state index in [0.717, 1.165) is 19.6 Å². The minimum absolute atomic E-state index is 0.0462. The van der Waals surface area contributed by atoms with Gasteiger partial charge in [0.05, 0.1) is 6.61 Å². The van der Waals surface area contributed by atoms with Crippen LogP contribution in [0.4, 0.5) is 4.39 Å². The van der Waals surface area contributed by atoms with Crippen LogP contribution in [0, 0.1) is 5.82 Å². The number of nitrogens with zero attached hydrogens (tertiary/aromatic N) is 1. The van der Waals surface area contributed by atoms with Crippen molar-refractivity contribution in [1.29, 1.82) is 0 Å². The Bertz CT molecular complexity index is 405. The molecule has 0 aliphatic carbocycles. The summed E-state index contributed by atoms with van der Waals surface area (Å²) >= 11 is 0. The van der Waals surface area contributed by atoms with Crippen LogP contribution in [0.25, 0.3) is 0 Å². The molecule has 21 heavy (non-hydrogen) atoms. The predicted octanol–water partition coefficient (Wildman–Crippen LogP) is 2.44. The first-order chi connectivity index (χ1) is 10.2. The number of ether oxygens (including phenoxy) is 1. The Labute approximate surface area is 126 Å². The molecule has 1 aromatic carbocycles. The summed E-state index contributed by atoms with van der Waals surface area (Å²) in [6.45, 7) is 8.23. The fourth-order valence-corrected chi connectivity index (χ4v) is 1.94. The Morgan fingerprint density at radius 3 is 2.52 bits per heavy atom. The Hall–Kier alpha value is -1.62. The maximum atomic E-state index is 12.7. The van der Waals surface area contributed by atoms with Gasteiger partial charge in [0.1, 0.15) is 11.6 Å². The largest absolute Gasteiger partial charge is 0.494 e. The molecule has 0 aliphatic heterocycles. The minimum Gasteiger partial charge on any atom is -0.494 e. The number of rotatable bonds is 10. The van der Waals surface area contributed by atoms with Crippen LogP contribution < -0.4 is 10.1 Å². The standard InChI is InChI=1S/C16H25FN2O2/c1-3-19(4-2)12-11-18-16(20)6-5-13-21-15-9-7-14(17)8-10-15/h7-10H,3-6,11-13H2,1-2H3,(H,18,20). The number of benzene rings is 1. The van der Waals surface area contributed by atoms with Crippen molar-refractivity contribution >= 4 is 5.91 Å². The highest BCUT2D eigenvalue weighted by Crippen LogP contribution is 2.11. The van der Waals surface area contributed by atoms with Gasteiger partial charge in [-0.05, 0) is 43.8 Å². The van der Waals surface area contributed by atoms with Crippen molar-refractivity contribution in [3.8, 4) is 5.75 Å². The number of likely N-dealkylation sites (N-methyl/N-ethyl adjacent to an activating group) is 1. The number of carbonyl (C=O) groups excluding carboxylic acids is 1. The number of hydrogen-bond acceptors (Lipinski definition) is 3. The molecule has 0 saturated carbocycles. The van der Waals surface area contributed by atoms with Gasteiger partial charge in [0.2, 0.25) is 5.91 Å². The normalized spacial score (nSPS) is 10.7. The third kappa shape index (κ3) is 7.66. The fourth-order valence-electron chi connectivity index (χ4n) is 1.94. The first-order valence-electron chi connectivity index (χ1n) is 7.53. The van der Waals surface area contributed by atoms with E-state index < -0.39 is 0 Å². The van der Waals surface area contributed by atoms with Crippen molar-refractivity contribution in [3.05, 3.63) is 30.1 Å². The fraction of sp³-hybridized carbons (Fsp3) is 0.562. The third-order valence-electron chi connectivity index (χ3n) is 3.28. The maximum Gasteiger partial charge on any atom is 0.220 e. The minimum atomic E-state index is -0.282. The van der Waals surface area contributed by atoms with Crippen LogP contribution in [0.3, 0.4) is 0 Å². The first-order valence-corrected chi connectivity index (χ1v) is 7.53. The average molecular weight is 296 g/mol.